The molecule has 0 aliphatic carbocycles. The Kier molecular flexibility index (Phi) is 8.52. The first-order chi connectivity index (χ1) is 16.2. The highest BCUT2D eigenvalue weighted by Crippen LogP contribution is 2.45. The molecule has 2 N–H and O–H groups in total. The Bertz CT molecular complexity index is 957. The molecule has 196 valence electrons. The maximum Gasteiger partial charge on any atom is 0.309 e. The number of aromatic nitrogens is 1. The number of halogens is 1. The van der Waals surface area contributed by atoms with Crippen molar-refractivity contribution < 1.29 is 33.7 Å². The molecule has 2 aliphatic heterocycles. The van der Waals surface area contributed by atoms with Gasteiger partial charge in [0.2, 0.25) is 0 Å². The maximum atomic E-state index is 13.2. The summed E-state index contributed by atoms with van der Waals surface area (Å²) in [6, 6.07) is 0. The Morgan fingerprint density at radius 2 is 1.91 bits per heavy atom. The van der Waals surface area contributed by atoms with Crippen LogP contribution in [0.15, 0.2) is 15.7 Å². The topological polar surface area (TPSA) is 122 Å². The number of hydrogen-bond donors (Lipinski definition) is 2. The van der Waals surface area contributed by atoms with E-state index in [4.69, 9.17) is 25.5 Å². The van der Waals surface area contributed by atoms with Crippen LogP contribution in [0.5, 0.6) is 0 Å². The average Bonchev–Trinajstić information content (AvgIpc) is 3.22. The number of aliphatic hydroxyl groups excluding tert-OH is 2. The van der Waals surface area contributed by atoms with Gasteiger partial charge in [-0.2, -0.15) is 0 Å². The van der Waals surface area contributed by atoms with E-state index < -0.39 is 35.6 Å². The van der Waals surface area contributed by atoms with Crippen molar-refractivity contribution in [1.82, 2.24) is 4.98 Å². The van der Waals surface area contributed by atoms with Crippen LogP contribution in [-0.2, 0) is 19.1 Å². The molecule has 7 atom stereocenters. The zero-order chi connectivity index (χ0) is 26.1. The summed E-state index contributed by atoms with van der Waals surface area (Å²) < 4.78 is 16.9. The number of ketones is 1. The number of ether oxygens (including phenoxy) is 2. The van der Waals surface area contributed by atoms with E-state index >= 15 is 0 Å². The number of oxazole rings is 1. The molecular formula is C26H38ClNO7. The Hall–Kier alpha value is -1.74. The normalized spacial score (nSPS) is 37.5. The molecule has 2 aliphatic rings. The fourth-order valence-electron chi connectivity index (χ4n) is 4.86. The first-order valence-corrected chi connectivity index (χ1v) is 12.7. The lowest BCUT2D eigenvalue weighted by Gasteiger charge is -2.34. The highest BCUT2D eigenvalue weighted by Gasteiger charge is 2.53. The van der Waals surface area contributed by atoms with E-state index in [2.05, 4.69) is 4.98 Å². The molecule has 1 aromatic rings. The van der Waals surface area contributed by atoms with Crippen molar-refractivity contribution in [1.29, 1.82) is 0 Å². The van der Waals surface area contributed by atoms with Crippen LogP contribution in [0.25, 0.3) is 6.08 Å². The number of rotatable bonds is 2. The van der Waals surface area contributed by atoms with Crippen LogP contribution in [0.4, 0.5) is 0 Å². The van der Waals surface area contributed by atoms with Gasteiger partial charge in [0.15, 0.2) is 5.89 Å². The SMILES string of the molecule is Cc1nc(/C=C(/Cl)[C@@H]2C[C@@H]3O[C@]3(C)CCC[C@H](C)[C@H](O)[C@@H](C)C(=O)C(C)(C)[C@@H](O)CC(=O)O2)co1. The second-order valence-corrected chi connectivity index (χ2v) is 11.3. The molecule has 1 aromatic heterocycles. The molecule has 0 unspecified atom stereocenters. The Morgan fingerprint density at radius 3 is 2.54 bits per heavy atom. The third-order valence-corrected chi connectivity index (χ3v) is 7.99. The number of epoxide rings is 1. The average molecular weight is 512 g/mol. The van der Waals surface area contributed by atoms with E-state index in [9.17, 15) is 19.8 Å². The Balaban J connectivity index is 1.85. The highest BCUT2D eigenvalue weighted by molar-refractivity contribution is 6.32. The molecule has 0 aromatic carbocycles. The minimum atomic E-state index is -1.29. The molecule has 0 radical (unpaired) electrons. The van der Waals surface area contributed by atoms with Crippen LogP contribution >= 0.6 is 11.6 Å². The fraction of sp³-hybridized carbons (Fsp3) is 0.731. The molecule has 0 bridgehead atoms. The van der Waals surface area contributed by atoms with Gasteiger partial charge in [-0.25, -0.2) is 4.98 Å². The van der Waals surface area contributed by atoms with Crippen LogP contribution in [0.1, 0.15) is 78.3 Å². The smallest absolute Gasteiger partial charge is 0.309 e. The van der Waals surface area contributed by atoms with Crippen molar-refractivity contribution >= 4 is 29.4 Å². The number of nitrogens with zero attached hydrogens (tertiary/aromatic N) is 1. The van der Waals surface area contributed by atoms with Gasteiger partial charge in [-0.05, 0) is 31.8 Å². The van der Waals surface area contributed by atoms with Crippen LogP contribution in [-0.4, -0.2) is 57.0 Å². The lowest BCUT2D eigenvalue weighted by atomic mass is 9.73. The van der Waals surface area contributed by atoms with E-state index in [-0.39, 0.29) is 34.9 Å². The summed E-state index contributed by atoms with van der Waals surface area (Å²) in [7, 11) is 0. The first-order valence-electron chi connectivity index (χ1n) is 12.3. The number of carbonyl (C=O) groups is 2. The zero-order valence-corrected chi connectivity index (χ0v) is 22.2. The predicted octanol–water partition coefficient (Wildman–Crippen LogP) is 4.19. The van der Waals surface area contributed by atoms with Crippen molar-refractivity contribution in [2.45, 2.75) is 104 Å². The number of Topliss-reactive ketones (excluding diaryl/α,β-unsaturated/α-hetero) is 1. The van der Waals surface area contributed by atoms with Crippen LogP contribution < -0.4 is 0 Å². The number of aliphatic hydroxyl groups is 2. The standard InChI is InChI=1S/C26H38ClNO7/c1-14-8-7-9-26(6)21(35-26)11-19(18(27)10-17-13-33-16(3)28-17)34-22(30)12-20(29)25(4,5)24(32)15(2)23(14)31/h10,13-15,19-21,23,29,31H,7-9,11-12H2,1-6H3/b18-10+/t14-,15+,19-,20-,21-,23-,26+/m0/s1. The van der Waals surface area contributed by atoms with E-state index in [0.29, 0.717) is 18.0 Å². The summed E-state index contributed by atoms with van der Waals surface area (Å²) in [6.45, 7) is 10.5. The number of cyclic esters (lactones) is 1. The Labute approximate surface area is 212 Å². The van der Waals surface area contributed by atoms with E-state index in [1.54, 1.807) is 33.8 Å². The molecular weight excluding hydrogens is 474 g/mol. The van der Waals surface area contributed by atoms with Crippen LogP contribution in [0.3, 0.4) is 0 Å². The molecule has 2 saturated heterocycles. The molecule has 3 heterocycles. The summed E-state index contributed by atoms with van der Waals surface area (Å²) in [5.74, 6) is -1.27. The molecule has 2 fully saturated rings. The minimum Gasteiger partial charge on any atom is -0.456 e. The molecule has 9 heteroatoms. The number of carbonyl (C=O) groups excluding carboxylic acids is 2. The first kappa shape index (κ1) is 27.8. The summed E-state index contributed by atoms with van der Waals surface area (Å²) >= 11 is 6.57. The predicted molar refractivity (Wildman–Crippen MR) is 130 cm³/mol. The summed E-state index contributed by atoms with van der Waals surface area (Å²) in [6.07, 6.45) is 2.24. The number of hydrogen-bond acceptors (Lipinski definition) is 8. The fourth-order valence-corrected chi connectivity index (χ4v) is 5.11. The highest BCUT2D eigenvalue weighted by atomic mass is 35.5. The van der Waals surface area contributed by atoms with Gasteiger partial charge in [0.25, 0.3) is 0 Å². The summed E-state index contributed by atoms with van der Waals surface area (Å²) in [4.78, 5) is 30.2. The third-order valence-electron chi connectivity index (χ3n) is 7.64. The molecule has 0 amide bonds. The molecule has 0 saturated carbocycles. The van der Waals surface area contributed by atoms with E-state index in [1.165, 1.54) is 6.26 Å². The molecule has 3 rings (SSSR count). The molecule has 35 heavy (non-hydrogen) atoms. The monoisotopic (exact) mass is 511 g/mol. The molecule has 8 nitrogen and oxygen atoms in total. The number of fused-ring (bicyclic) bond motifs is 1. The quantitative estimate of drug-likeness (QED) is 0.447. The van der Waals surface area contributed by atoms with Crippen molar-refractivity contribution in [2.24, 2.45) is 17.3 Å². The number of esters is 1. The van der Waals surface area contributed by atoms with Gasteiger partial charge in [0, 0.05) is 19.3 Å². The lowest BCUT2D eigenvalue weighted by Crippen LogP contribution is -2.45. The van der Waals surface area contributed by atoms with Crippen molar-refractivity contribution in [3.8, 4) is 0 Å². The van der Waals surface area contributed by atoms with Gasteiger partial charge in [0.05, 0.1) is 40.8 Å². The largest absolute Gasteiger partial charge is 0.456 e. The van der Waals surface area contributed by atoms with Crippen molar-refractivity contribution in [3.05, 3.63) is 22.9 Å². The number of aryl methyl sites for hydroxylation is 1. The summed E-state index contributed by atoms with van der Waals surface area (Å²) in [5.41, 5.74) is -1.12. The van der Waals surface area contributed by atoms with Gasteiger partial charge in [-0.15, -0.1) is 0 Å². The minimum absolute atomic E-state index is 0.100. The van der Waals surface area contributed by atoms with E-state index in [1.807, 2.05) is 13.8 Å². The third kappa shape index (κ3) is 6.53. The van der Waals surface area contributed by atoms with Gasteiger partial charge < -0.3 is 24.1 Å². The van der Waals surface area contributed by atoms with Gasteiger partial charge in [0.1, 0.15) is 23.8 Å². The van der Waals surface area contributed by atoms with Crippen LogP contribution in [0, 0.1) is 24.2 Å². The van der Waals surface area contributed by atoms with Gasteiger partial charge >= 0.3 is 5.97 Å². The van der Waals surface area contributed by atoms with Gasteiger partial charge in [-0.3, -0.25) is 9.59 Å². The second kappa shape index (κ2) is 10.7. The zero-order valence-electron chi connectivity index (χ0n) is 21.4. The Morgan fingerprint density at radius 1 is 1.23 bits per heavy atom. The van der Waals surface area contributed by atoms with Gasteiger partial charge in [-0.1, -0.05) is 45.7 Å². The lowest BCUT2D eigenvalue weighted by molar-refractivity contribution is -0.154. The van der Waals surface area contributed by atoms with Crippen molar-refractivity contribution in [3.63, 3.8) is 0 Å². The maximum absolute atomic E-state index is 13.2. The summed E-state index contributed by atoms with van der Waals surface area (Å²) in [5, 5.41) is 21.9. The van der Waals surface area contributed by atoms with E-state index in [0.717, 1.165) is 19.3 Å². The van der Waals surface area contributed by atoms with Crippen LogP contribution in [0.2, 0.25) is 0 Å². The molecule has 0 spiro atoms. The second-order valence-electron chi connectivity index (χ2n) is 10.9. The van der Waals surface area contributed by atoms with Crippen molar-refractivity contribution in [2.75, 3.05) is 0 Å².